The first kappa shape index (κ1) is 86.2. The van der Waals surface area contributed by atoms with Crippen LogP contribution in [0.3, 0.4) is 0 Å². The number of hydrogen-bond donors (Lipinski definition) is 3. The predicted molar refractivity (Wildman–Crippen MR) is 366 cm³/mol. The SMILES string of the molecule is CC[C@H](C)[C@@H]1NC(=O)[C@H](CC(C)C)N(C)C(=O)C[C@@H](C(=O)N(C)C)N(C)C(=O)[C@H](C2CCCC2)N(C)C(=O)C2(CCC2)NC(=O)[C@@H]2CC(F)(F)CN2C(=O)[C@H](CCC2CC(F)C(C(F)(F)F)C(F)C2)NC(=O)CN(C)C(=O)[C@H](CC2CCC(C(F)(F)F)CC2)N2CCCC[C@@H](C2=O)N(C)C(=O)CN(C)C1=O. The van der Waals surface area contributed by atoms with E-state index in [4.69, 9.17) is 0 Å². The lowest BCUT2D eigenvalue weighted by Gasteiger charge is -2.46. The molecule has 0 aromatic heterocycles. The highest BCUT2D eigenvalue weighted by atomic mass is 19.4. The van der Waals surface area contributed by atoms with Crippen LogP contribution in [0.5, 0.6) is 0 Å². The molecule has 1 spiro atoms. The van der Waals surface area contributed by atoms with Gasteiger partial charge in [-0.2, -0.15) is 26.3 Å². The van der Waals surface area contributed by atoms with Gasteiger partial charge in [0.05, 0.1) is 32.0 Å². The van der Waals surface area contributed by atoms with E-state index < -0.39 is 249 Å². The fraction of sp³-hybridized carbons (Fsp3) is 0.833. The highest BCUT2D eigenvalue weighted by Crippen LogP contribution is 2.46. The third kappa shape index (κ3) is 20.4. The van der Waals surface area contributed by atoms with Gasteiger partial charge in [-0.1, -0.05) is 47.0 Å². The Hall–Kier alpha value is -7.06. The molecule has 34 heteroatoms. The average Bonchev–Trinajstić information content (AvgIpc) is 1.17. The summed E-state index contributed by atoms with van der Waals surface area (Å²) in [6.45, 7) is 3.77. The summed E-state index contributed by atoms with van der Waals surface area (Å²) in [5.74, 6) is -22.7. The van der Waals surface area contributed by atoms with Gasteiger partial charge < -0.3 is 60.0 Å². The van der Waals surface area contributed by atoms with Gasteiger partial charge in [0.2, 0.25) is 70.9 Å². The van der Waals surface area contributed by atoms with Gasteiger partial charge in [0.25, 0.3) is 5.92 Å². The first-order chi connectivity index (χ1) is 49.3. The highest BCUT2D eigenvalue weighted by molar-refractivity contribution is 6.01. The van der Waals surface area contributed by atoms with Crippen molar-refractivity contribution in [2.75, 3.05) is 82.6 Å². The van der Waals surface area contributed by atoms with Crippen LogP contribution in [0.2, 0.25) is 0 Å². The van der Waals surface area contributed by atoms with Crippen LogP contribution in [0, 0.1) is 41.4 Å². The van der Waals surface area contributed by atoms with Crippen LogP contribution in [0.4, 0.5) is 43.9 Å². The lowest BCUT2D eigenvalue weighted by Crippen LogP contribution is -2.68. The first-order valence-corrected chi connectivity index (χ1v) is 37.4. The van der Waals surface area contributed by atoms with E-state index in [1.165, 1.54) is 54.2 Å². The van der Waals surface area contributed by atoms with Crippen LogP contribution in [0.1, 0.15) is 175 Å². The number of hydrogen-bond acceptors (Lipinski definition) is 12. The molecule has 0 aromatic rings. The van der Waals surface area contributed by atoms with Gasteiger partial charge >= 0.3 is 12.4 Å². The topological polar surface area (TPSA) is 270 Å². The van der Waals surface area contributed by atoms with Gasteiger partial charge in [-0.05, 0) is 145 Å². The maximum atomic E-state index is 16.1. The van der Waals surface area contributed by atoms with Crippen molar-refractivity contribution >= 4 is 70.9 Å². The van der Waals surface area contributed by atoms with Crippen LogP contribution in [-0.4, -0.2) is 282 Å². The third-order valence-corrected chi connectivity index (χ3v) is 23.6. The Bertz CT molecular complexity index is 3170. The zero-order valence-electron chi connectivity index (χ0n) is 63.1. The number of halogens is 10. The summed E-state index contributed by atoms with van der Waals surface area (Å²) < 4.78 is 147. The summed E-state index contributed by atoms with van der Waals surface area (Å²) in [7, 11) is 10.5. The molecule has 7 rings (SSSR count). The number of fused-ring (bicyclic) bond motifs is 3. The molecule has 3 heterocycles. The molecule has 2 bridgehead atoms. The Labute approximate surface area is 614 Å². The molecular formula is C72H110F10N12O12. The molecule has 4 aliphatic carbocycles. The van der Waals surface area contributed by atoms with Gasteiger partial charge in [-0.25, -0.2) is 17.6 Å². The Kier molecular flexibility index (Phi) is 28.9. The highest BCUT2D eigenvalue weighted by Gasteiger charge is 2.58. The van der Waals surface area contributed by atoms with E-state index >= 15 is 41.5 Å². The quantitative estimate of drug-likeness (QED) is 0.189. The van der Waals surface area contributed by atoms with Crippen LogP contribution < -0.4 is 16.0 Å². The minimum absolute atomic E-state index is 0.0245. The largest absolute Gasteiger partial charge is 0.397 e. The molecule has 4 saturated carbocycles. The maximum absolute atomic E-state index is 16.1. The maximum Gasteiger partial charge on any atom is 0.397 e. The minimum Gasteiger partial charge on any atom is -0.347 e. The summed E-state index contributed by atoms with van der Waals surface area (Å²) >= 11 is 0. The number of carbonyl (C=O) groups excluding carboxylic acids is 12. The molecule has 2 unspecified atom stereocenters. The third-order valence-electron chi connectivity index (χ3n) is 23.6. The van der Waals surface area contributed by atoms with Crippen molar-refractivity contribution in [1.29, 1.82) is 0 Å². The van der Waals surface area contributed by atoms with E-state index in [9.17, 15) is 59.9 Å². The van der Waals surface area contributed by atoms with E-state index in [1.807, 2.05) is 0 Å². The van der Waals surface area contributed by atoms with Crippen molar-refractivity contribution in [1.82, 2.24) is 60.0 Å². The number of likely N-dealkylation sites (N-methyl/N-ethyl adjacent to an activating group) is 7. The van der Waals surface area contributed by atoms with Crippen molar-refractivity contribution in [3.05, 3.63) is 0 Å². The molecule has 0 aromatic carbocycles. The summed E-state index contributed by atoms with van der Waals surface area (Å²) in [5.41, 5.74) is -1.90. The molecule has 7 aliphatic rings. The molecule has 3 saturated heterocycles. The van der Waals surface area contributed by atoms with Crippen molar-refractivity contribution in [3.8, 4) is 0 Å². The molecular weight excluding hydrogens is 1410 g/mol. The van der Waals surface area contributed by atoms with E-state index in [2.05, 4.69) is 16.0 Å². The predicted octanol–water partition coefficient (Wildman–Crippen LogP) is 6.42. The second kappa shape index (κ2) is 35.5. The number of amides is 12. The monoisotopic (exact) mass is 1520 g/mol. The van der Waals surface area contributed by atoms with Crippen molar-refractivity contribution in [2.24, 2.45) is 41.4 Å². The van der Waals surface area contributed by atoms with Crippen LogP contribution in [0.25, 0.3) is 0 Å². The molecule has 0 radical (unpaired) electrons. The van der Waals surface area contributed by atoms with Crippen molar-refractivity contribution in [3.63, 3.8) is 0 Å². The smallest absolute Gasteiger partial charge is 0.347 e. The number of rotatable bonds is 11. The van der Waals surface area contributed by atoms with Crippen LogP contribution in [0.15, 0.2) is 0 Å². The van der Waals surface area contributed by atoms with E-state index in [-0.39, 0.29) is 89.5 Å². The first-order valence-electron chi connectivity index (χ1n) is 37.4. The summed E-state index contributed by atoms with van der Waals surface area (Å²) in [6, 6.07) is -12.5. The van der Waals surface area contributed by atoms with E-state index in [0.717, 1.165) is 41.3 Å². The van der Waals surface area contributed by atoms with Gasteiger partial charge in [-0.3, -0.25) is 57.5 Å². The summed E-state index contributed by atoms with van der Waals surface area (Å²) in [6.07, 6.45) is -18.2. The second-order valence-electron chi connectivity index (χ2n) is 31.9. The summed E-state index contributed by atoms with van der Waals surface area (Å²) in [4.78, 5) is 188. The molecule has 12 amide bonds. The Morgan fingerprint density at radius 2 is 1.20 bits per heavy atom. The fourth-order valence-electron chi connectivity index (χ4n) is 16.8. The molecule has 106 heavy (non-hydrogen) atoms. The second-order valence-corrected chi connectivity index (χ2v) is 31.9. The van der Waals surface area contributed by atoms with Gasteiger partial charge in [-0.15, -0.1) is 0 Å². The van der Waals surface area contributed by atoms with Crippen LogP contribution >= 0.6 is 0 Å². The van der Waals surface area contributed by atoms with E-state index in [1.54, 1.807) is 27.7 Å². The van der Waals surface area contributed by atoms with Crippen LogP contribution in [-0.2, 0) is 57.5 Å². The number of nitrogens with zero attached hydrogens (tertiary/aromatic N) is 9. The van der Waals surface area contributed by atoms with Gasteiger partial charge in [0, 0.05) is 69.3 Å². The Balaban J connectivity index is 1.31. The number of carbonyl (C=O) groups is 12. The minimum atomic E-state index is -5.28. The standard InChI is InChI=1S/C72H110F10N12O12/c1-13-41(4)58-66(104)88(8)38-56(97)89(9)49-21-16-17-30-93(65(49)103)52(34-42-22-25-45(26-23-42)71(77,78)79)64(102)87(7)37-54(95)83-48(27-24-43-32-46(73)57(47(74)33-43)72(80,81)82)62(100)94-39-70(75,76)36-53(94)61(99)85-69(28-18-29-69)68(106)92(12)59(44-19-14-15-20-44)67(105)91(11)51(63(101)86(5)6)35-55(96)90(10)50(31-40(2)3)60(98)84-58/h40-53,57-59H,13-39H2,1-12H3,(H,83,95)(H,84,98)(H,85,99)/t41-,42?,43?,45?,46?,47?,48-,49-,50-,51-,52-,53-,57?,58-,59-/m0/s1. The average molecular weight is 1530 g/mol. The lowest BCUT2D eigenvalue weighted by molar-refractivity contribution is -0.219. The van der Waals surface area contributed by atoms with Crippen molar-refractivity contribution in [2.45, 2.75) is 260 Å². The molecule has 600 valence electrons. The molecule has 3 aliphatic heterocycles. The van der Waals surface area contributed by atoms with E-state index in [0.29, 0.717) is 37.0 Å². The number of alkyl halides is 10. The molecule has 11 atom stereocenters. The zero-order chi connectivity index (χ0) is 79.2. The summed E-state index contributed by atoms with van der Waals surface area (Å²) in [5, 5.41) is 7.85. The van der Waals surface area contributed by atoms with Gasteiger partial charge in [0.15, 0.2) is 0 Å². The van der Waals surface area contributed by atoms with Gasteiger partial charge in [0.1, 0.15) is 72.1 Å². The number of nitrogens with one attached hydrogen (secondary N) is 3. The fourth-order valence-corrected chi connectivity index (χ4v) is 16.8. The molecule has 24 nitrogen and oxygen atoms in total. The normalized spacial score (nSPS) is 31.9. The Morgan fingerprint density at radius 3 is 1.75 bits per heavy atom. The van der Waals surface area contributed by atoms with Crippen molar-refractivity contribution < 1.29 is 101 Å². The lowest BCUT2D eigenvalue weighted by atomic mass is 9.74. The zero-order valence-corrected chi connectivity index (χ0v) is 63.1. The Morgan fingerprint density at radius 1 is 0.604 bits per heavy atom. The molecule has 7 fully saturated rings. The molecule has 3 N–H and O–H groups in total.